The van der Waals surface area contributed by atoms with Crippen molar-refractivity contribution in [1.82, 2.24) is 4.90 Å². The predicted molar refractivity (Wildman–Crippen MR) is 82.4 cm³/mol. The Morgan fingerprint density at radius 1 is 1.43 bits per heavy atom. The zero-order valence-corrected chi connectivity index (χ0v) is 12.6. The molecule has 0 atom stereocenters. The second-order valence-electron chi connectivity index (χ2n) is 5.69. The van der Waals surface area contributed by atoms with Crippen molar-refractivity contribution in [3.05, 3.63) is 23.8 Å². The molecule has 0 saturated carbocycles. The topological polar surface area (TPSA) is 87.8 Å². The third-order valence-corrected chi connectivity index (χ3v) is 3.74. The van der Waals surface area contributed by atoms with Crippen LogP contribution in [0.15, 0.2) is 18.2 Å². The van der Waals surface area contributed by atoms with E-state index in [9.17, 15) is 9.90 Å². The average Bonchev–Trinajstić information content (AvgIpc) is 2.46. The molecule has 2 rings (SSSR count). The fourth-order valence-electron chi connectivity index (χ4n) is 2.30. The van der Waals surface area contributed by atoms with Crippen LogP contribution in [0.2, 0.25) is 0 Å². The highest BCUT2D eigenvalue weighted by Crippen LogP contribution is 2.24. The second-order valence-corrected chi connectivity index (χ2v) is 5.69. The van der Waals surface area contributed by atoms with Gasteiger partial charge in [0.2, 0.25) is 0 Å². The first kappa shape index (κ1) is 15.6. The number of nitrogen functional groups attached to an aromatic ring is 1. The summed E-state index contributed by atoms with van der Waals surface area (Å²) in [6.45, 7) is 1.56. The van der Waals surface area contributed by atoms with Gasteiger partial charge in [0.1, 0.15) is 0 Å². The van der Waals surface area contributed by atoms with Crippen LogP contribution in [0.5, 0.6) is 0 Å². The molecule has 0 radical (unpaired) electrons. The Labute approximate surface area is 124 Å². The van der Waals surface area contributed by atoms with Gasteiger partial charge in [-0.2, -0.15) is 0 Å². The molecule has 1 saturated heterocycles. The Kier molecular flexibility index (Phi) is 4.69. The minimum absolute atomic E-state index is 0.0868. The van der Waals surface area contributed by atoms with E-state index >= 15 is 0 Å². The molecule has 1 aromatic carbocycles. The maximum atomic E-state index is 11.9. The van der Waals surface area contributed by atoms with Crippen LogP contribution in [0, 0.1) is 0 Å². The number of ether oxygens (including phenoxy) is 1. The van der Waals surface area contributed by atoms with Crippen molar-refractivity contribution in [1.29, 1.82) is 0 Å². The largest absolute Gasteiger partial charge is 0.397 e. The highest BCUT2D eigenvalue weighted by Gasteiger charge is 2.29. The zero-order chi connectivity index (χ0) is 15.5. The first-order valence-electron chi connectivity index (χ1n) is 7.06. The van der Waals surface area contributed by atoms with Gasteiger partial charge in [-0.3, -0.25) is 4.79 Å². The Hall–Kier alpha value is -1.79. The van der Waals surface area contributed by atoms with E-state index in [4.69, 9.17) is 10.5 Å². The van der Waals surface area contributed by atoms with E-state index in [0.717, 1.165) is 5.69 Å². The van der Waals surface area contributed by atoms with Crippen LogP contribution in [0.25, 0.3) is 0 Å². The molecule has 6 nitrogen and oxygen atoms in total. The molecule has 4 N–H and O–H groups in total. The molecule has 0 aliphatic carbocycles. The number of nitrogens with two attached hydrogens (primary N) is 1. The molecule has 1 fully saturated rings. The Balaban J connectivity index is 2.02. The summed E-state index contributed by atoms with van der Waals surface area (Å²) in [7, 11) is 3.40. The van der Waals surface area contributed by atoms with E-state index in [2.05, 4.69) is 5.32 Å². The summed E-state index contributed by atoms with van der Waals surface area (Å²) in [6.07, 6.45) is 1.22. The van der Waals surface area contributed by atoms with Gasteiger partial charge in [0.05, 0.1) is 17.0 Å². The molecule has 6 heteroatoms. The summed E-state index contributed by atoms with van der Waals surface area (Å²) in [5.74, 6) is -0.0868. The van der Waals surface area contributed by atoms with Crippen molar-refractivity contribution in [3.63, 3.8) is 0 Å². The maximum absolute atomic E-state index is 11.9. The molecule has 1 heterocycles. The lowest BCUT2D eigenvalue weighted by Gasteiger charge is -2.32. The fourth-order valence-corrected chi connectivity index (χ4v) is 2.30. The number of hydrogen-bond acceptors (Lipinski definition) is 5. The molecule has 0 unspecified atom stereocenters. The number of amides is 1. The van der Waals surface area contributed by atoms with E-state index in [-0.39, 0.29) is 5.91 Å². The molecule has 1 amide bonds. The molecule has 0 aromatic heterocycles. The van der Waals surface area contributed by atoms with Crippen molar-refractivity contribution >= 4 is 17.3 Å². The van der Waals surface area contributed by atoms with Crippen LogP contribution in [0.4, 0.5) is 11.4 Å². The Bertz CT molecular complexity index is 511. The number of benzene rings is 1. The van der Waals surface area contributed by atoms with Crippen LogP contribution in [-0.2, 0) is 4.74 Å². The van der Waals surface area contributed by atoms with Gasteiger partial charge in [-0.05, 0) is 18.2 Å². The highest BCUT2D eigenvalue weighted by atomic mass is 16.5. The van der Waals surface area contributed by atoms with Crippen LogP contribution >= 0.6 is 0 Å². The van der Waals surface area contributed by atoms with E-state index in [0.29, 0.717) is 43.9 Å². The monoisotopic (exact) mass is 293 g/mol. The highest BCUT2D eigenvalue weighted by molar-refractivity contribution is 5.95. The maximum Gasteiger partial charge on any atom is 0.253 e. The molecule has 1 aliphatic rings. The number of carbonyl (C=O) groups is 1. The summed E-state index contributed by atoms with van der Waals surface area (Å²) < 4.78 is 5.25. The number of aliphatic hydroxyl groups is 1. The van der Waals surface area contributed by atoms with Gasteiger partial charge < -0.3 is 25.8 Å². The van der Waals surface area contributed by atoms with E-state index in [1.165, 1.54) is 4.90 Å². The zero-order valence-electron chi connectivity index (χ0n) is 12.6. The summed E-state index contributed by atoms with van der Waals surface area (Å²) in [5, 5.41) is 13.6. The van der Waals surface area contributed by atoms with E-state index < -0.39 is 5.60 Å². The lowest BCUT2D eigenvalue weighted by Crippen LogP contribution is -2.42. The second kappa shape index (κ2) is 6.32. The van der Waals surface area contributed by atoms with Crippen molar-refractivity contribution in [2.75, 3.05) is 44.9 Å². The van der Waals surface area contributed by atoms with E-state index in [1.807, 2.05) is 0 Å². The fraction of sp³-hybridized carbons (Fsp3) is 0.533. The van der Waals surface area contributed by atoms with Gasteiger partial charge in [-0.1, -0.05) is 0 Å². The average molecular weight is 293 g/mol. The number of hydrogen-bond donors (Lipinski definition) is 3. The van der Waals surface area contributed by atoms with Crippen LogP contribution in [0.1, 0.15) is 23.2 Å². The van der Waals surface area contributed by atoms with Crippen LogP contribution in [-0.4, -0.2) is 55.4 Å². The molecular formula is C15H23N3O3. The summed E-state index contributed by atoms with van der Waals surface area (Å²) in [4.78, 5) is 13.4. The number of nitrogens with one attached hydrogen (secondary N) is 1. The van der Waals surface area contributed by atoms with Crippen molar-refractivity contribution < 1.29 is 14.6 Å². The van der Waals surface area contributed by atoms with Gasteiger partial charge in [0, 0.05) is 52.3 Å². The SMILES string of the molecule is CN(C)C(=O)c1ccc(NCC2(O)CCOCC2)c(N)c1. The molecule has 0 spiro atoms. The predicted octanol–water partition coefficient (Wildman–Crippen LogP) is 0.924. The summed E-state index contributed by atoms with van der Waals surface area (Å²) in [6, 6.07) is 5.16. The third kappa shape index (κ3) is 3.86. The quantitative estimate of drug-likeness (QED) is 0.719. The number of rotatable bonds is 4. The van der Waals surface area contributed by atoms with Crippen molar-refractivity contribution in [2.24, 2.45) is 0 Å². The molecule has 21 heavy (non-hydrogen) atoms. The molecule has 0 bridgehead atoms. The van der Waals surface area contributed by atoms with Crippen LogP contribution < -0.4 is 11.1 Å². The van der Waals surface area contributed by atoms with Crippen molar-refractivity contribution in [2.45, 2.75) is 18.4 Å². The molecule has 116 valence electrons. The number of nitrogens with zero attached hydrogens (tertiary/aromatic N) is 1. The smallest absolute Gasteiger partial charge is 0.253 e. The Morgan fingerprint density at radius 2 is 2.10 bits per heavy atom. The number of anilines is 2. The first-order valence-corrected chi connectivity index (χ1v) is 7.06. The van der Waals surface area contributed by atoms with Gasteiger partial charge in [0.25, 0.3) is 5.91 Å². The van der Waals surface area contributed by atoms with Gasteiger partial charge >= 0.3 is 0 Å². The molecule has 1 aromatic rings. The van der Waals surface area contributed by atoms with Crippen LogP contribution in [0.3, 0.4) is 0 Å². The van der Waals surface area contributed by atoms with Gasteiger partial charge in [0.15, 0.2) is 0 Å². The van der Waals surface area contributed by atoms with Crippen molar-refractivity contribution in [3.8, 4) is 0 Å². The van der Waals surface area contributed by atoms with Gasteiger partial charge in [-0.15, -0.1) is 0 Å². The van der Waals surface area contributed by atoms with Gasteiger partial charge in [-0.25, -0.2) is 0 Å². The molecule has 1 aliphatic heterocycles. The standard InChI is InChI=1S/C15H23N3O3/c1-18(2)14(19)11-3-4-13(12(16)9-11)17-10-15(20)5-7-21-8-6-15/h3-4,9,17,20H,5-8,10,16H2,1-2H3. The first-order chi connectivity index (χ1) is 9.91. The lowest BCUT2D eigenvalue weighted by molar-refractivity contribution is -0.0543. The molecular weight excluding hydrogens is 270 g/mol. The summed E-state index contributed by atoms with van der Waals surface area (Å²) >= 11 is 0. The number of carbonyl (C=O) groups excluding carboxylic acids is 1. The summed E-state index contributed by atoms with van der Waals surface area (Å²) in [5.41, 5.74) is 6.99. The third-order valence-electron chi connectivity index (χ3n) is 3.74. The minimum Gasteiger partial charge on any atom is -0.397 e. The van der Waals surface area contributed by atoms with E-state index in [1.54, 1.807) is 32.3 Å². The minimum atomic E-state index is -0.761. The normalized spacial score (nSPS) is 17.3. The Morgan fingerprint density at radius 3 is 2.67 bits per heavy atom. The lowest BCUT2D eigenvalue weighted by atomic mass is 9.94.